The molecule has 1 aliphatic heterocycles. The number of aromatic nitrogens is 2. The quantitative estimate of drug-likeness (QED) is 0.743. The highest BCUT2D eigenvalue weighted by Crippen LogP contribution is 2.19. The van der Waals surface area contributed by atoms with Gasteiger partial charge in [-0.1, -0.05) is 18.2 Å². The Balaban J connectivity index is 1.59. The molecule has 2 aromatic heterocycles. The second-order valence-electron chi connectivity index (χ2n) is 7.18. The van der Waals surface area contributed by atoms with Crippen molar-refractivity contribution in [1.29, 1.82) is 0 Å². The number of rotatable bonds is 4. The van der Waals surface area contributed by atoms with Crippen LogP contribution in [0.3, 0.4) is 0 Å². The maximum atomic E-state index is 12.9. The molecule has 1 atom stereocenters. The second-order valence-corrected chi connectivity index (χ2v) is 7.18. The molecule has 0 saturated carbocycles. The predicted octanol–water partition coefficient (Wildman–Crippen LogP) is 2.09. The average Bonchev–Trinajstić information content (AvgIpc) is 3.27. The van der Waals surface area contributed by atoms with E-state index in [4.69, 9.17) is 0 Å². The summed E-state index contributed by atoms with van der Waals surface area (Å²) in [6.45, 7) is 3.07. The van der Waals surface area contributed by atoms with Crippen molar-refractivity contribution in [2.24, 2.45) is 0 Å². The van der Waals surface area contributed by atoms with E-state index in [9.17, 15) is 14.7 Å². The standard InChI is InChI=1S/C21H23N3O3/c1-14-6-9-23(10-7-15-12-22-18-5-3-2-4-17(15)18)20(26)19(14)21(27)24-11-8-16(25)13-24/h2-6,9,12,16,22,25H,7-8,10-11,13H2,1H3/t16-/m0/s1. The summed E-state index contributed by atoms with van der Waals surface area (Å²) in [4.78, 5) is 30.5. The van der Waals surface area contributed by atoms with E-state index in [-0.39, 0.29) is 17.0 Å². The Kier molecular flexibility index (Phi) is 4.58. The lowest BCUT2D eigenvalue weighted by molar-refractivity contribution is 0.0761. The van der Waals surface area contributed by atoms with E-state index < -0.39 is 6.10 Å². The van der Waals surface area contributed by atoms with Gasteiger partial charge in [-0.05, 0) is 43.0 Å². The van der Waals surface area contributed by atoms with Crippen LogP contribution in [0.4, 0.5) is 0 Å². The normalized spacial score (nSPS) is 17.0. The number of aliphatic hydroxyl groups excluding tert-OH is 1. The zero-order chi connectivity index (χ0) is 19.0. The van der Waals surface area contributed by atoms with Gasteiger partial charge in [0.05, 0.1) is 6.10 Å². The number of hydrogen-bond acceptors (Lipinski definition) is 3. The summed E-state index contributed by atoms with van der Waals surface area (Å²) in [5, 5.41) is 10.8. The van der Waals surface area contributed by atoms with Crippen LogP contribution in [0.2, 0.25) is 0 Å². The summed E-state index contributed by atoms with van der Waals surface area (Å²) in [6.07, 6.45) is 4.49. The minimum absolute atomic E-state index is 0.213. The molecule has 1 amide bonds. The molecule has 140 valence electrons. The topological polar surface area (TPSA) is 78.3 Å². The van der Waals surface area contributed by atoms with E-state index in [0.29, 0.717) is 38.0 Å². The van der Waals surface area contributed by atoms with Gasteiger partial charge < -0.3 is 19.6 Å². The highest BCUT2D eigenvalue weighted by molar-refractivity contribution is 5.95. The molecule has 1 aliphatic rings. The van der Waals surface area contributed by atoms with Crippen molar-refractivity contribution >= 4 is 16.8 Å². The van der Waals surface area contributed by atoms with Crippen molar-refractivity contribution in [3.63, 3.8) is 0 Å². The first-order chi connectivity index (χ1) is 13.0. The highest BCUT2D eigenvalue weighted by atomic mass is 16.3. The van der Waals surface area contributed by atoms with Crippen LogP contribution in [0.25, 0.3) is 10.9 Å². The number of nitrogens with zero attached hydrogens (tertiary/aromatic N) is 2. The fourth-order valence-corrected chi connectivity index (χ4v) is 3.77. The van der Waals surface area contributed by atoms with E-state index in [0.717, 1.165) is 16.5 Å². The lowest BCUT2D eigenvalue weighted by Gasteiger charge is -2.17. The van der Waals surface area contributed by atoms with Crippen LogP contribution in [0.1, 0.15) is 27.9 Å². The molecule has 1 fully saturated rings. The number of pyridine rings is 1. The highest BCUT2D eigenvalue weighted by Gasteiger charge is 2.28. The van der Waals surface area contributed by atoms with Crippen LogP contribution < -0.4 is 5.56 Å². The summed E-state index contributed by atoms with van der Waals surface area (Å²) < 4.78 is 1.61. The van der Waals surface area contributed by atoms with Crippen LogP contribution in [-0.2, 0) is 13.0 Å². The Labute approximate surface area is 157 Å². The van der Waals surface area contributed by atoms with Crippen LogP contribution in [0.5, 0.6) is 0 Å². The van der Waals surface area contributed by atoms with Crippen molar-refractivity contribution in [1.82, 2.24) is 14.5 Å². The Morgan fingerprint density at radius 3 is 2.89 bits per heavy atom. The SMILES string of the molecule is Cc1ccn(CCc2c[nH]c3ccccc23)c(=O)c1C(=O)N1CC[C@H](O)C1. The third kappa shape index (κ3) is 3.28. The number of hydrogen-bond donors (Lipinski definition) is 2. The molecule has 6 nitrogen and oxygen atoms in total. The van der Waals surface area contributed by atoms with Crippen molar-refractivity contribution < 1.29 is 9.90 Å². The molecule has 27 heavy (non-hydrogen) atoms. The number of aliphatic hydroxyl groups is 1. The summed E-state index contributed by atoms with van der Waals surface area (Å²) in [5.74, 6) is -0.282. The molecule has 0 unspecified atom stereocenters. The second kappa shape index (κ2) is 7.04. The van der Waals surface area contributed by atoms with E-state index in [1.54, 1.807) is 22.6 Å². The zero-order valence-electron chi connectivity index (χ0n) is 15.3. The van der Waals surface area contributed by atoms with E-state index >= 15 is 0 Å². The maximum absolute atomic E-state index is 12.9. The number of β-amino-alcohol motifs (C(OH)–C–C–N with tert-alkyl or cyclic N) is 1. The molecule has 0 bridgehead atoms. The van der Waals surface area contributed by atoms with Crippen molar-refractivity contribution in [2.75, 3.05) is 13.1 Å². The van der Waals surface area contributed by atoms with Crippen LogP contribution in [-0.4, -0.2) is 44.7 Å². The third-order valence-corrected chi connectivity index (χ3v) is 5.33. The number of H-pyrrole nitrogens is 1. The lowest BCUT2D eigenvalue weighted by Crippen LogP contribution is -2.36. The molecule has 6 heteroatoms. The molecule has 4 rings (SSSR count). The first kappa shape index (κ1) is 17.5. The summed E-state index contributed by atoms with van der Waals surface area (Å²) in [7, 11) is 0. The van der Waals surface area contributed by atoms with Gasteiger partial charge in [-0.15, -0.1) is 0 Å². The third-order valence-electron chi connectivity index (χ3n) is 5.33. The fraction of sp³-hybridized carbons (Fsp3) is 0.333. The molecular weight excluding hydrogens is 342 g/mol. The number of para-hydroxylation sites is 1. The summed E-state index contributed by atoms with van der Waals surface area (Å²) in [5.41, 5.74) is 2.85. The Morgan fingerprint density at radius 1 is 1.30 bits per heavy atom. The van der Waals surface area contributed by atoms with Gasteiger partial charge in [-0.25, -0.2) is 0 Å². The molecular formula is C21H23N3O3. The average molecular weight is 365 g/mol. The largest absolute Gasteiger partial charge is 0.391 e. The Hall–Kier alpha value is -2.86. The van der Waals surface area contributed by atoms with E-state index in [1.165, 1.54) is 0 Å². The van der Waals surface area contributed by atoms with Gasteiger partial charge in [-0.2, -0.15) is 0 Å². The number of aryl methyl sites for hydroxylation is 3. The molecule has 1 aromatic carbocycles. The Morgan fingerprint density at radius 2 is 2.11 bits per heavy atom. The number of fused-ring (bicyclic) bond motifs is 1. The minimum Gasteiger partial charge on any atom is -0.391 e. The number of likely N-dealkylation sites (tertiary alicyclic amines) is 1. The number of benzene rings is 1. The van der Waals surface area contributed by atoms with Gasteiger partial charge in [0.2, 0.25) is 0 Å². The van der Waals surface area contributed by atoms with Gasteiger partial charge in [0, 0.05) is 42.9 Å². The first-order valence-corrected chi connectivity index (χ1v) is 9.27. The fourth-order valence-electron chi connectivity index (χ4n) is 3.77. The van der Waals surface area contributed by atoms with E-state index in [2.05, 4.69) is 11.1 Å². The zero-order valence-corrected chi connectivity index (χ0v) is 15.3. The summed E-state index contributed by atoms with van der Waals surface area (Å²) in [6, 6.07) is 9.89. The van der Waals surface area contributed by atoms with Gasteiger partial charge in [0.25, 0.3) is 11.5 Å². The number of aromatic amines is 1. The molecule has 0 radical (unpaired) electrons. The van der Waals surface area contributed by atoms with Gasteiger partial charge in [-0.3, -0.25) is 9.59 Å². The predicted molar refractivity (Wildman–Crippen MR) is 104 cm³/mol. The number of carbonyl (C=O) groups excluding carboxylic acids is 1. The smallest absolute Gasteiger partial charge is 0.263 e. The van der Waals surface area contributed by atoms with Gasteiger partial charge >= 0.3 is 0 Å². The molecule has 1 saturated heterocycles. The Bertz CT molecular complexity index is 1050. The minimum atomic E-state index is -0.498. The van der Waals surface area contributed by atoms with Crippen molar-refractivity contribution in [3.05, 3.63) is 69.8 Å². The number of nitrogens with one attached hydrogen (secondary N) is 1. The van der Waals surface area contributed by atoms with Gasteiger partial charge in [0.1, 0.15) is 5.56 Å². The first-order valence-electron chi connectivity index (χ1n) is 9.27. The molecule has 2 N–H and O–H groups in total. The lowest BCUT2D eigenvalue weighted by atomic mass is 10.1. The van der Waals surface area contributed by atoms with Crippen LogP contribution >= 0.6 is 0 Å². The van der Waals surface area contributed by atoms with Crippen molar-refractivity contribution in [2.45, 2.75) is 32.4 Å². The monoisotopic (exact) mass is 365 g/mol. The maximum Gasteiger partial charge on any atom is 0.263 e. The van der Waals surface area contributed by atoms with Crippen LogP contribution in [0.15, 0.2) is 47.5 Å². The van der Waals surface area contributed by atoms with Gasteiger partial charge in [0.15, 0.2) is 0 Å². The van der Waals surface area contributed by atoms with E-state index in [1.807, 2.05) is 30.5 Å². The molecule has 0 spiro atoms. The van der Waals surface area contributed by atoms with Crippen LogP contribution in [0, 0.1) is 6.92 Å². The molecule has 3 heterocycles. The summed E-state index contributed by atoms with van der Waals surface area (Å²) >= 11 is 0. The molecule has 0 aliphatic carbocycles. The number of amides is 1. The number of carbonyl (C=O) groups is 1. The molecule has 3 aromatic rings. The van der Waals surface area contributed by atoms with Crippen molar-refractivity contribution in [3.8, 4) is 0 Å².